The van der Waals surface area contributed by atoms with E-state index in [4.69, 9.17) is 0 Å². The zero-order valence-electron chi connectivity index (χ0n) is 22.8. The molecule has 8 unspecified atom stereocenters. The van der Waals surface area contributed by atoms with Gasteiger partial charge in [-0.2, -0.15) is 65.9 Å². The van der Waals surface area contributed by atoms with Crippen LogP contribution in [0.15, 0.2) is 0 Å². The number of aliphatic hydroxyl groups is 1. The van der Waals surface area contributed by atoms with E-state index < -0.39 is 115 Å². The third kappa shape index (κ3) is 6.04. The summed E-state index contributed by atoms with van der Waals surface area (Å²) in [5.41, 5.74) is -11.1. The third-order valence-electron chi connectivity index (χ3n) is 8.87. The molecule has 0 aromatic rings. The van der Waals surface area contributed by atoms with Crippen molar-refractivity contribution in [2.45, 2.75) is 81.6 Å². The van der Waals surface area contributed by atoms with E-state index in [0.717, 1.165) is 13.8 Å². The zero-order chi connectivity index (χ0) is 34.9. The highest BCUT2D eigenvalue weighted by Crippen LogP contribution is 2.71. The van der Waals surface area contributed by atoms with Gasteiger partial charge < -0.3 is 19.3 Å². The highest BCUT2D eigenvalue weighted by atomic mass is 19.4. The standard InChI is InChI=1S/C23H26F16O5/c1-8-9(2)14-12(6-17(21(31,32)33,22(34,35)36)44-10(3)40)11(13(8)15(14)18(24,41)23(37,38)39)5-16(19(25,26)27,20(28,29)30)43-7-42-4/h8-9,11-15,41H,5-7H2,1-4H3. The number of rotatable bonds is 9. The summed E-state index contributed by atoms with van der Waals surface area (Å²) in [5.74, 6) is -25.0. The second-order valence-electron chi connectivity index (χ2n) is 11.1. The summed E-state index contributed by atoms with van der Waals surface area (Å²) in [6, 6.07) is 0. The maximum atomic E-state index is 15.2. The molecule has 1 N–H and O–H groups in total. The number of halogens is 16. The summed E-state index contributed by atoms with van der Waals surface area (Å²) in [4.78, 5) is 11.4. The largest absolute Gasteiger partial charge is 0.448 e. The molecule has 8 atom stereocenters. The lowest BCUT2D eigenvalue weighted by Gasteiger charge is -2.47. The van der Waals surface area contributed by atoms with E-state index in [1.54, 1.807) is 0 Å². The molecular formula is C23H26F16O5. The summed E-state index contributed by atoms with van der Waals surface area (Å²) >= 11 is 0. The van der Waals surface area contributed by atoms with Crippen LogP contribution in [0.3, 0.4) is 0 Å². The Kier molecular flexibility index (Phi) is 10.0. The molecule has 2 fully saturated rings. The van der Waals surface area contributed by atoms with E-state index >= 15 is 4.39 Å². The summed E-state index contributed by atoms with van der Waals surface area (Å²) < 4.78 is 238. The molecule has 2 saturated carbocycles. The minimum absolute atomic E-state index is 0.0545. The molecule has 260 valence electrons. The molecule has 0 radical (unpaired) electrons. The zero-order valence-corrected chi connectivity index (χ0v) is 22.8. The number of fused-ring (bicyclic) bond motifs is 2. The molecule has 44 heavy (non-hydrogen) atoms. The smallest absolute Gasteiger partial charge is 0.440 e. The van der Waals surface area contributed by atoms with Gasteiger partial charge in [0, 0.05) is 26.4 Å². The molecule has 2 rings (SSSR count). The Morgan fingerprint density at radius 3 is 1.25 bits per heavy atom. The minimum Gasteiger partial charge on any atom is -0.440 e. The van der Waals surface area contributed by atoms with Gasteiger partial charge in [-0.05, 0) is 41.9 Å². The van der Waals surface area contributed by atoms with Crippen molar-refractivity contribution < 1.29 is 94.4 Å². The first kappa shape index (κ1) is 38.4. The van der Waals surface area contributed by atoms with Gasteiger partial charge in [-0.25, -0.2) is 4.39 Å². The SMILES string of the molecule is COCOC(CC1C(CC(OC(C)=O)(C(F)(F)F)C(F)(F)F)C2C(C)C(C)C1C2C(O)(F)C(F)(F)F)(C(F)(F)F)C(F)(F)F. The van der Waals surface area contributed by atoms with Gasteiger partial charge in [-0.1, -0.05) is 13.8 Å². The summed E-state index contributed by atoms with van der Waals surface area (Å²) in [6.45, 7) is -0.0184. The first-order chi connectivity index (χ1) is 19.4. The van der Waals surface area contributed by atoms with Crippen molar-refractivity contribution in [1.82, 2.24) is 0 Å². The van der Waals surface area contributed by atoms with Crippen LogP contribution in [0, 0.1) is 41.4 Å². The Hall–Kier alpha value is -1.77. The van der Waals surface area contributed by atoms with E-state index in [2.05, 4.69) is 14.2 Å². The fourth-order valence-corrected chi connectivity index (χ4v) is 7.00. The molecule has 0 aliphatic heterocycles. The number of esters is 1. The van der Waals surface area contributed by atoms with Crippen LogP contribution in [-0.4, -0.2) is 72.9 Å². The van der Waals surface area contributed by atoms with Crippen LogP contribution in [0.5, 0.6) is 0 Å². The molecule has 2 bridgehead atoms. The number of carbonyl (C=O) groups excluding carboxylic acids is 1. The summed E-state index contributed by atoms with van der Waals surface area (Å²) in [7, 11) is 0.546. The molecule has 2 aliphatic rings. The molecule has 2 aliphatic carbocycles. The van der Waals surface area contributed by atoms with Gasteiger partial charge in [-0.15, -0.1) is 0 Å². The van der Waals surface area contributed by atoms with E-state index in [9.17, 15) is 75.8 Å². The van der Waals surface area contributed by atoms with Gasteiger partial charge in [0.2, 0.25) is 0 Å². The van der Waals surface area contributed by atoms with Crippen LogP contribution in [0.25, 0.3) is 0 Å². The Morgan fingerprint density at radius 2 is 0.977 bits per heavy atom. The van der Waals surface area contributed by atoms with Gasteiger partial charge in [0.05, 0.1) is 0 Å². The average molecular weight is 686 g/mol. The van der Waals surface area contributed by atoms with E-state index in [0.29, 0.717) is 7.11 Å². The first-order valence-electron chi connectivity index (χ1n) is 12.4. The number of alkyl halides is 16. The van der Waals surface area contributed by atoms with Gasteiger partial charge in [0.15, 0.2) is 0 Å². The quantitative estimate of drug-likeness (QED) is 0.157. The van der Waals surface area contributed by atoms with Crippen molar-refractivity contribution >= 4 is 5.97 Å². The third-order valence-corrected chi connectivity index (χ3v) is 8.87. The molecule has 5 nitrogen and oxygen atoms in total. The number of methoxy groups -OCH3 is 1. The van der Waals surface area contributed by atoms with Crippen molar-refractivity contribution in [2.24, 2.45) is 41.4 Å². The monoisotopic (exact) mass is 686 g/mol. The van der Waals surface area contributed by atoms with E-state index in [-0.39, 0.29) is 6.92 Å². The Labute approximate surface area is 238 Å². The second kappa shape index (κ2) is 11.5. The molecule has 0 saturated heterocycles. The van der Waals surface area contributed by atoms with Gasteiger partial charge >= 0.3 is 48.3 Å². The van der Waals surface area contributed by atoms with Crippen LogP contribution < -0.4 is 0 Å². The minimum atomic E-state index is -6.69. The maximum absolute atomic E-state index is 15.2. The number of carbonyl (C=O) groups is 1. The fourth-order valence-electron chi connectivity index (χ4n) is 7.00. The van der Waals surface area contributed by atoms with Crippen LogP contribution in [0.4, 0.5) is 70.2 Å². The predicted molar refractivity (Wildman–Crippen MR) is 112 cm³/mol. The fraction of sp³-hybridized carbons (Fsp3) is 0.957. The van der Waals surface area contributed by atoms with Crippen molar-refractivity contribution in [3.63, 3.8) is 0 Å². The van der Waals surface area contributed by atoms with Crippen LogP contribution in [0.2, 0.25) is 0 Å². The average Bonchev–Trinajstić information content (AvgIpc) is 3.22. The van der Waals surface area contributed by atoms with Gasteiger partial charge in [0.25, 0.3) is 5.60 Å². The van der Waals surface area contributed by atoms with Crippen LogP contribution in [0.1, 0.15) is 33.6 Å². The van der Waals surface area contributed by atoms with Crippen LogP contribution >= 0.6 is 0 Å². The molecule has 0 spiro atoms. The van der Waals surface area contributed by atoms with Crippen molar-refractivity contribution in [3.05, 3.63) is 0 Å². The van der Waals surface area contributed by atoms with Crippen molar-refractivity contribution in [1.29, 1.82) is 0 Å². The van der Waals surface area contributed by atoms with Crippen molar-refractivity contribution in [3.8, 4) is 0 Å². The van der Waals surface area contributed by atoms with Crippen LogP contribution in [-0.2, 0) is 19.0 Å². The molecule has 0 amide bonds. The number of hydrogen-bond donors (Lipinski definition) is 1. The number of ether oxygens (including phenoxy) is 3. The normalized spacial score (nSPS) is 30.4. The molecule has 0 aromatic carbocycles. The topological polar surface area (TPSA) is 65.0 Å². The summed E-state index contributed by atoms with van der Waals surface area (Å²) in [5, 5.41) is 9.91. The lowest BCUT2D eigenvalue weighted by atomic mass is 9.63. The molecule has 21 heteroatoms. The highest BCUT2D eigenvalue weighted by Gasteiger charge is 2.81. The molecule has 0 heterocycles. The second-order valence-corrected chi connectivity index (χ2v) is 11.1. The summed E-state index contributed by atoms with van der Waals surface area (Å²) in [6.07, 6.45) is -38.3. The Morgan fingerprint density at radius 1 is 0.636 bits per heavy atom. The maximum Gasteiger partial charge on any atom is 0.448 e. The highest BCUT2D eigenvalue weighted by molar-refractivity contribution is 5.66. The lowest BCUT2D eigenvalue weighted by molar-refractivity contribution is -0.400. The molecule has 0 aromatic heterocycles. The lowest BCUT2D eigenvalue weighted by Crippen LogP contribution is -2.63. The molecular weight excluding hydrogens is 660 g/mol. The van der Waals surface area contributed by atoms with Gasteiger partial charge in [0.1, 0.15) is 6.79 Å². The van der Waals surface area contributed by atoms with Gasteiger partial charge in [-0.3, -0.25) is 4.79 Å². The van der Waals surface area contributed by atoms with Crippen molar-refractivity contribution in [2.75, 3.05) is 13.9 Å². The predicted octanol–water partition coefficient (Wildman–Crippen LogP) is 7.28. The van der Waals surface area contributed by atoms with E-state index in [1.807, 2.05) is 0 Å². The Balaban J connectivity index is 3.00. The van der Waals surface area contributed by atoms with E-state index in [1.165, 1.54) is 0 Å². The number of hydrogen-bond acceptors (Lipinski definition) is 5. The Bertz CT molecular complexity index is 1000. The first-order valence-corrected chi connectivity index (χ1v) is 12.4.